The molecule has 0 spiro atoms. The van der Waals surface area contributed by atoms with Crippen LogP contribution in [0.5, 0.6) is 0 Å². The first kappa shape index (κ1) is 16.5. The van der Waals surface area contributed by atoms with Gasteiger partial charge in [-0.05, 0) is 54.4 Å². The van der Waals surface area contributed by atoms with Gasteiger partial charge >= 0.3 is 0 Å². The van der Waals surface area contributed by atoms with Gasteiger partial charge in [0.15, 0.2) is 0 Å². The third-order valence-electron chi connectivity index (χ3n) is 4.46. The maximum atomic E-state index is 12.4. The van der Waals surface area contributed by atoms with Crippen LogP contribution < -0.4 is 10.5 Å². The summed E-state index contributed by atoms with van der Waals surface area (Å²) in [4.78, 5) is 0.326. The van der Waals surface area contributed by atoms with Gasteiger partial charge in [-0.25, -0.2) is 13.1 Å². The van der Waals surface area contributed by atoms with Crippen LogP contribution in [0.25, 0.3) is 0 Å². The van der Waals surface area contributed by atoms with E-state index >= 15 is 0 Å². The Labute approximate surface area is 128 Å². The maximum absolute atomic E-state index is 12.4. The molecule has 0 unspecified atom stereocenters. The Morgan fingerprint density at radius 2 is 1.95 bits per heavy atom. The molecule has 1 aromatic carbocycles. The summed E-state index contributed by atoms with van der Waals surface area (Å²) >= 11 is 0. The monoisotopic (exact) mass is 310 g/mol. The standard InChI is InChI=1S/C16H26N2O2S/c1-3-7-16(8-9-16)12-18-21(19,20)15-6-5-13(4-2)14(10-15)11-17/h5-6,10,18H,3-4,7-9,11-12,17H2,1-2H3. The zero-order chi connectivity index (χ0) is 15.5. The zero-order valence-corrected chi connectivity index (χ0v) is 13.8. The predicted molar refractivity (Wildman–Crippen MR) is 85.5 cm³/mol. The molecular weight excluding hydrogens is 284 g/mol. The number of hydrogen-bond acceptors (Lipinski definition) is 3. The van der Waals surface area contributed by atoms with E-state index in [-0.39, 0.29) is 5.41 Å². The number of nitrogens with one attached hydrogen (secondary N) is 1. The second-order valence-corrected chi connectivity index (χ2v) is 7.83. The van der Waals surface area contributed by atoms with Crippen LogP contribution in [-0.4, -0.2) is 15.0 Å². The van der Waals surface area contributed by atoms with Crippen molar-refractivity contribution >= 4 is 10.0 Å². The van der Waals surface area contributed by atoms with E-state index in [4.69, 9.17) is 5.73 Å². The SMILES string of the molecule is CCCC1(CNS(=O)(=O)c2ccc(CC)c(CN)c2)CC1. The molecule has 1 aliphatic carbocycles. The molecule has 0 saturated heterocycles. The molecule has 3 N–H and O–H groups in total. The lowest BCUT2D eigenvalue weighted by atomic mass is 10.0. The lowest BCUT2D eigenvalue weighted by Gasteiger charge is -2.16. The molecule has 2 rings (SSSR count). The van der Waals surface area contributed by atoms with Crippen LogP contribution in [0.15, 0.2) is 23.1 Å². The average molecular weight is 310 g/mol. The van der Waals surface area contributed by atoms with Crippen molar-refractivity contribution in [3.8, 4) is 0 Å². The summed E-state index contributed by atoms with van der Waals surface area (Å²) in [6.07, 6.45) is 5.32. The molecular formula is C16H26N2O2S. The van der Waals surface area contributed by atoms with Gasteiger partial charge in [0, 0.05) is 13.1 Å². The lowest BCUT2D eigenvalue weighted by molar-refractivity contribution is 0.449. The Hall–Kier alpha value is -0.910. The molecule has 1 saturated carbocycles. The average Bonchev–Trinajstić information content (AvgIpc) is 3.25. The highest BCUT2D eigenvalue weighted by Crippen LogP contribution is 2.49. The molecule has 4 nitrogen and oxygen atoms in total. The van der Waals surface area contributed by atoms with Gasteiger partial charge < -0.3 is 5.73 Å². The number of hydrogen-bond donors (Lipinski definition) is 2. The highest BCUT2D eigenvalue weighted by atomic mass is 32.2. The van der Waals surface area contributed by atoms with E-state index in [1.165, 1.54) is 0 Å². The highest BCUT2D eigenvalue weighted by molar-refractivity contribution is 7.89. The number of benzene rings is 1. The molecule has 1 aromatic rings. The van der Waals surface area contributed by atoms with Crippen LogP contribution in [0.1, 0.15) is 50.7 Å². The van der Waals surface area contributed by atoms with Gasteiger partial charge in [0.2, 0.25) is 10.0 Å². The molecule has 21 heavy (non-hydrogen) atoms. The molecule has 1 fully saturated rings. The van der Waals surface area contributed by atoms with E-state index in [0.29, 0.717) is 18.0 Å². The van der Waals surface area contributed by atoms with E-state index in [1.54, 1.807) is 12.1 Å². The van der Waals surface area contributed by atoms with Crippen molar-refractivity contribution in [1.29, 1.82) is 0 Å². The van der Waals surface area contributed by atoms with Crippen molar-refractivity contribution in [2.75, 3.05) is 6.54 Å². The van der Waals surface area contributed by atoms with Gasteiger partial charge in [-0.15, -0.1) is 0 Å². The van der Waals surface area contributed by atoms with Gasteiger partial charge in [0.1, 0.15) is 0 Å². The molecule has 0 bridgehead atoms. The minimum absolute atomic E-state index is 0.210. The fourth-order valence-electron chi connectivity index (χ4n) is 2.86. The van der Waals surface area contributed by atoms with Crippen LogP contribution in [0, 0.1) is 5.41 Å². The Kier molecular flexibility index (Phi) is 5.07. The number of rotatable bonds is 8. The minimum Gasteiger partial charge on any atom is -0.326 e. The summed E-state index contributed by atoms with van der Waals surface area (Å²) in [6.45, 7) is 5.11. The summed E-state index contributed by atoms with van der Waals surface area (Å²) < 4.78 is 27.6. The Morgan fingerprint density at radius 3 is 2.48 bits per heavy atom. The van der Waals surface area contributed by atoms with Gasteiger partial charge in [0.05, 0.1) is 4.90 Å². The summed E-state index contributed by atoms with van der Waals surface area (Å²) in [6, 6.07) is 5.26. The summed E-state index contributed by atoms with van der Waals surface area (Å²) in [5, 5.41) is 0. The van der Waals surface area contributed by atoms with Crippen molar-refractivity contribution in [1.82, 2.24) is 4.72 Å². The van der Waals surface area contributed by atoms with Gasteiger partial charge in [-0.1, -0.05) is 26.3 Å². The lowest BCUT2D eigenvalue weighted by Crippen LogP contribution is -2.30. The van der Waals surface area contributed by atoms with Gasteiger partial charge in [-0.2, -0.15) is 0 Å². The fraction of sp³-hybridized carbons (Fsp3) is 0.625. The maximum Gasteiger partial charge on any atom is 0.240 e. The first-order valence-corrected chi connectivity index (χ1v) is 9.26. The number of sulfonamides is 1. The van der Waals surface area contributed by atoms with Crippen LogP contribution in [0.3, 0.4) is 0 Å². The fourth-order valence-corrected chi connectivity index (χ4v) is 4.07. The van der Waals surface area contributed by atoms with E-state index in [1.807, 2.05) is 13.0 Å². The molecule has 0 amide bonds. The van der Waals surface area contributed by atoms with Crippen molar-refractivity contribution in [2.45, 2.75) is 57.4 Å². The van der Waals surface area contributed by atoms with E-state index in [9.17, 15) is 8.42 Å². The van der Waals surface area contributed by atoms with E-state index in [2.05, 4.69) is 11.6 Å². The van der Waals surface area contributed by atoms with Crippen molar-refractivity contribution in [3.05, 3.63) is 29.3 Å². The molecule has 1 aliphatic rings. The normalized spacial score (nSPS) is 16.9. The number of aryl methyl sites for hydroxylation is 1. The summed E-state index contributed by atoms with van der Waals surface area (Å²) in [5.74, 6) is 0. The molecule has 0 aromatic heterocycles. The van der Waals surface area contributed by atoms with Crippen LogP contribution in [-0.2, 0) is 23.0 Å². The second kappa shape index (κ2) is 6.46. The Balaban J connectivity index is 2.12. The van der Waals surface area contributed by atoms with Crippen LogP contribution in [0.4, 0.5) is 0 Å². The highest BCUT2D eigenvalue weighted by Gasteiger charge is 2.42. The first-order chi connectivity index (χ1) is 9.96. The third kappa shape index (κ3) is 3.84. The smallest absolute Gasteiger partial charge is 0.240 e. The predicted octanol–water partition coefficient (Wildman–Crippen LogP) is 2.57. The summed E-state index contributed by atoms with van der Waals surface area (Å²) in [5.41, 5.74) is 7.95. The van der Waals surface area contributed by atoms with E-state index < -0.39 is 10.0 Å². The molecule has 0 heterocycles. The molecule has 0 aliphatic heterocycles. The quantitative estimate of drug-likeness (QED) is 0.775. The zero-order valence-electron chi connectivity index (χ0n) is 13.0. The summed E-state index contributed by atoms with van der Waals surface area (Å²) in [7, 11) is -3.43. The van der Waals surface area contributed by atoms with Gasteiger partial charge in [-0.3, -0.25) is 0 Å². The van der Waals surface area contributed by atoms with E-state index in [0.717, 1.165) is 43.2 Å². The van der Waals surface area contributed by atoms with Crippen molar-refractivity contribution < 1.29 is 8.42 Å². The Morgan fingerprint density at radius 1 is 1.24 bits per heavy atom. The number of nitrogens with two attached hydrogens (primary N) is 1. The van der Waals surface area contributed by atoms with Gasteiger partial charge in [0.25, 0.3) is 0 Å². The third-order valence-corrected chi connectivity index (χ3v) is 5.86. The largest absolute Gasteiger partial charge is 0.326 e. The molecule has 0 radical (unpaired) electrons. The minimum atomic E-state index is -3.43. The topological polar surface area (TPSA) is 72.2 Å². The molecule has 118 valence electrons. The van der Waals surface area contributed by atoms with Crippen molar-refractivity contribution in [2.24, 2.45) is 11.1 Å². The Bertz CT molecular complexity index is 592. The van der Waals surface area contributed by atoms with Crippen LogP contribution >= 0.6 is 0 Å². The second-order valence-electron chi connectivity index (χ2n) is 6.06. The van der Waals surface area contributed by atoms with Crippen molar-refractivity contribution in [3.63, 3.8) is 0 Å². The molecule has 0 atom stereocenters. The van der Waals surface area contributed by atoms with Crippen LogP contribution in [0.2, 0.25) is 0 Å². The first-order valence-electron chi connectivity index (χ1n) is 7.78. The molecule has 5 heteroatoms.